The number of piperidine rings is 1. The summed E-state index contributed by atoms with van der Waals surface area (Å²) >= 11 is 5.26. The van der Waals surface area contributed by atoms with Crippen molar-refractivity contribution >= 4 is 72.7 Å². The van der Waals surface area contributed by atoms with Crippen molar-refractivity contribution in [2.75, 3.05) is 66.7 Å². The Balaban J connectivity index is 0.797. The largest absolute Gasteiger partial charge is 0.490 e. The van der Waals surface area contributed by atoms with Gasteiger partial charge in [-0.05, 0) is 129 Å². The number of aromatic amines is 1. The zero-order valence-electron chi connectivity index (χ0n) is 46.6. The second kappa shape index (κ2) is 22.9. The van der Waals surface area contributed by atoms with Crippen molar-refractivity contribution in [1.82, 2.24) is 34.8 Å². The number of hydrogen-bond donors (Lipinski definition) is 5. The molecule has 6 aromatic rings. The minimum absolute atomic E-state index is 0.0119. The molecule has 5 N–H and O–H groups in total. The molecule has 3 aliphatic heterocycles. The highest BCUT2D eigenvalue weighted by Crippen LogP contribution is 2.42. The van der Waals surface area contributed by atoms with Gasteiger partial charge >= 0.3 is 11.3 Å². The van der Waals surface area contributed by atoms with Crippen molar-refractivity contribution in [1.29, 1.82) is 0 Å². The normalized spacial score (nSPS) is 23.3. The molecule has 2 aliphatic carbocycles. The Morgan fingerprint density at radius 3 is 2.46 bits per heavy atom. The minimum atomic E-state index is -0.945. The van der Waals surface area contributed by atoms with Gasteiger partial charge in [-0.15, -0.1) is 11.3 Å². The topological polar surface area (TPSA) is 188 Å². The zero-order valence-corrected chi connectivity index (χ0v) is 49.0. The Labute approximate surface area is 474 Å². The second-order valence-electron chi connectivity index (χ2n) is 24.3. The van der Waals surface area contributed by atoms with Gasteiger partial charge in [0.25, 0.3) is 0 Å². The van der Waals surface area contributed by atoms with Gasteiger partial charge in [-0.1, -0.05) is 51.1 Å². The first kappa shape index (κ1) is 55.6. The average molecular weight is 1170 g/mol. The third-order valence-corrected chi connectivity index (χ3v) is 19.4. The van der Waals surface area contributed by atoms with Crippen molar-refractivity contribution in [2.45, 2.75) is 146 Å². The summed E-state index contributed by atoms with van der Waals surface area (Å²) in [6, 6.07) is 16.5. The van der Waals surface area contributed by atoms with Crippen molar-refractivity contribution in [3.8, 4) is 16.2 Å². The Morgan fingerprint density at radius 1 is 1.03 bits per heavy atom. The van der Waals surface area contributed by atoms with E-state index < -0.39 is 35.2 Å². The molecular weight excluding hydrogens is 1090 g/mol. The smallest absolute Gasteiger partial charge is 0.371 e. The van der Waals surface area contributed by atoms with Crippen LogP contribution in [0.3, 0.4) is 0 Å². The summed E-state index contributed by atoms with van der Waals surface area (Å²) < 4.78 is 24.8. The molecule has 0 unspecified atom stereocenters. The lowest BCUT2D eigenvalue weighted by atomic mass is 9.85. The number of nitrogens with one attached hydrogen (secondary N) is 4. The molecule has 5 aliphatic rings. The maximum Gasteiger partial charge on any atom is 0.371 e. The Hall–Kier alpha value is -5.28. The number of H-pyrrole nitrogens is 1. The van der Waals surface area contributed by atoms with Crippen LogP contribution in [0.25, 0.3) is 38.2 Å². The molecule has 11 rings (SSSR count). The molecule has 3 amide bonds. The van der Waals surface area contributed by atoms with Crippen LogP contribution in [0.15, 0.2) is 69.4 Å². The number of amides is 3. The molecule has 19 heteroatoms. The molecular formula is C60H78BrN9O8S+2. The number of thiazole rings is 1. The van der Waals surface area contributed by atoms with Crippen LogP contribution in [-0.4, -0.2) is 144 Å². The number of quaternary nitrogens is 1. The number of nitrogens with zero attached hydrogens (tertiary/aromatic N) is 5. The van der Waals surface area contributed by atoms with E-state index in [1.54, 1.807) is 11.3 Å². The summed E-state index contributed by atoms with van der Waals surface area (Å²) in [7, 11) is 3.75. The SMILES string of the molecule is Cc1ncsc1-c1ccc([C@H](COCC[NH+]2CCC(c3cc4c(cc3OC[C@@H]3CCCO3)n3c5cccc(Br)c5c(=O)[nH]c3[n+]4C3CCCC3)CC2)NC(=O)[C@@H]2C[C@@H](O)CN2C(=O)[C@@H](NC(=O)C2(N(C)C)CC2)C(C)(C)C)cc1. The molecule has 17 nitrogen and oxygen atoms in total. The Morgan fingerprint density at radius 2 is 1.78 bits per heavy atom. The van der Waals surface area contributed by atoms with E-state index >= 15 is 0 Å². The van der Waals surface area contributed by atoms with Crippen LogP contribution < -0.4 is 30.4 Å². The van der Waals surface area contributed by atoms with E-state index in [2.05, 4.69) is 57.6 Å². The second-order valence-corrected chi connectivity index (χ2v) is 26.0. The highest BCUT2D eigenvalue weighted by atomic mass is 79.9. The third kappa shape index (κ3) is 11.3. The van der Waals surface area contributed by atoms with Crippen LogP contribution in [0.2, 0.25) is 0 Å². The standard InChI is InChI=1S/C60H76BrN9O8S/c1-36-52(79-35-62-36)39-18-16-38(17-19-39)45(63-54(72)49-29-41(71)32-68(49)56(74)53(59(2,3)4)64-57(75)60(22-23-60)66(5)6)34-76-28-26-67-24-20-37(21-25-67)43-30-47-48(31-50(43)78-33-42-13-10-27-77-42)70-46-15-9-14-44(61)51(46)55(73)65-58(70)69(47)40-11-7-8-12-40/h9,14-19,30-31,35,37,40-42,45,49,53,71H,7-8,10-13,20-29,32-34H2,1-6H3,(H2,63,64,72,75)/p+2/t41-,42+,45+,49+,53-/m1/s1. The number of aliphatic hydroxyl groups excluding tert-OH is 1. The van der Waals surface area contributed by atoms with E-state index in [1.165, 1.54) is 15.4 Å². The Bertz CT molecular complexity index is 3270. The number of carbonyl (C=O) groups is 3. The summed E-state index contributed by atoms with van der Waals surface area (Å²) in [5.74, 6) is 0.978. The highest BCUT2D eigenvalue weighted by molar-refractivity contribution is 9.10. The monoisotopic (exact) mass is 1160 g/mol. The molecule has 6 heterocycles. The van der Waals surface area contributed by atoms with Crippen LogP contribution in [-0.2, 0) is 23.9 Å². The van der Waals surface area contributed by atoms with E-state index in [1.807, 2.05) is 94.7 Å². The lowest BCUT2D eigenvalue weighted by Gasteiger charge is -2.37. The number of aryl methyl sites for hydroxylation is 1. The maximum absolute atomic E-state index is 14.6. The number of β-amino-alcohol motifs (C(OH)–C–C–N with tert-alkyl or cyclic N) is 1. The number of aliphatic hydroxyl groups is 1. The van der Waals surface area contributed by atoms with Crippen molar-refractivity contribution < 1.29 is 43.2 Å². The first-order chi connectivity index (χ1) is 38.0. The molecule has 0 spiro atoms. The number of carbonyl (C=O) groups excluding carboxylic acids is 3. The summed E-state index contributed by atoms with van der Waals surface area (Å²) in [6.07, 6.45) is 9.02. The highest BCUT2D eigenvalue weighted by Gasteiger charge is 2.54. The van der Waals surface area contributed by atoms with Gasteiger partial charge in [0, 0.05) is 48.5 Å². The number of hydrogen-bond acceptors (Lipinski definition) is 11. The first-order valence-corrected chi connectivity index (χ1v) is 30.3. The summed E-state index contributed by atoms with van der Waals surface area (Å²) in [4.78, 5) is 70.3. The molecule has 0 radical (unpaired) electrons. The average Bonchev–Trinajstić information content (AvgIpc) is 4.26. The summed E-state index contributed by atoms with van der Waals surface area (Å²) in [5.41, 5.74) is 7.44. The lowest BCUT2D eigenvalue weighted by molar-refractivity contribution is -0.905. The fraction of sp³-hybridized carbons (Fsp3) is 0.567. The first-order valence-electron chi connectivity index (χ1n) is 28.7. The van der Waals surface area contributed by atoms with Gasteiger partial charge in [-0.2, -0.15) is 4.40 Å². The molecule has 3 saturated heterocycles. The van der Waals surface area contributed by atoms with E-state index in [-0.39, 0.29) is 60.9 Å². The van der Waals surface area contributed by atoms with Crippen molar-refractivity contribution in [3.05, 3.63) is 91.8 Å². The van der Waals surface area contributed by atoms with Crippen LogP contribution in [0.5, 0.6) is 5.75 Å². The van der Waals surface area contributed by atoms with Crippen molar-refractivity contribution in [2.24, 2.45) is 5.41 Å². The molecule has 422 valence electrons. The predicted molar refractivity (Wildman–Crippen MR) is 308 cm³/mol. The van der Waals surface area contributed by atoms with Gasteiger partial charge in [0.1, 0.15) is 47.4 Å². The van der Waals surface area contributed by atoms with Crippen molar-refractivity contribution in [3.63, 3.8) is 0 Å². The Kier molecular flexibility index (Phi) is 16.1. The number of likely N-dealkylation sites (N-methyl/N-ethyl adjacent to an activating group) is 1. The van der Waals surface area contributed by atoms with E-state index in [0.717, 1.165) is 132 Å². The minimum Gasteiger partial charge on any atom is -0.490 e. The number of fused-ring (bicyclic) bond motifs is 5. The van der Waals surface area contributed by atoms with E-state index in [4.69, 9.17) is 14.2 Å². The van der Waals surface area contributed by atoms with Crippen LogP contribution >= 0.6 is 27.3 Å². The molecule has 5 atom stereocenters. The van der Waals surface area contributed by atoms with Crippen LogP contribution in [0, 0.1) is 12.3 Å². The maximum atomic E-state index is 14.6. The van der Waals surface area contributed by atoms with Gasteiger partial charge in [-0.25, -0.2) is 14.5 Å². The van der Waals surface area contributed by atoms with Gasteiger partial charge < -0.3 is 39.8 Å². The predicted octanol–water partition coefficient (Wildman–Crippen LogP) is 6.31. The van der Waals surface area contributed by atoms with Gasteiger partial charge in [0.2, 0.25) is 17.7 Å². The number of rotatable bonds is 18. The number of halogens is 1. The fourth-order valence-electron chi connectivity index (χ4n) is 13.0. The molecule has 3 aromatic carbocycles. The molecule has 3 aromatic heterocycles. The summed E-state index contributed by atoms with van der Waals surface area (Å²) in [6.45, 7) is 12.3. The zero-order chi connectivity index (χ0) is 55.3. The molecule has 0 bridgehead atoms. The van der Waals surface area contributed by atoms with Crippen LogP contribution in [0.1, 0.15) is 126 Å². The quantitative estimate of drug-likeness (QED) is 0.0482. The number of likely N-dealkylation sites (tertiary alicyclic amines) is 2. The number of benzene rings is 3. The molecule has 2 saturated carbocycles. The number of imidazole rings is 1. The fourth-order valence-corrected chi connectivity index (χ4v) is 14.3. The number of aromatic nitrogens is 4. The van der Waals surface area contributed by atoms with Crippen LogP contribution in [0.4, 0.5) is 0 Å². The third-order valence-electron chi connectivity index (χ3n) is 17.8. The number of ether oxygens (including phenoxy) is 3. The lowest BCUT2D eigenvalue weighted by Crippen LogP contribution is -3.13. The molecule has 79 heavy (non-hydrogen) atoms. The van der Waals surface area contributed by atoms with E-state index in [9.17, 15) is 24.3 Å². The van der Waals surface area contributed by atoms with Gasteiger partial charge in [-0.3, -0.25) is 24.1 Å². The summed E-state index contributed by atoms with van der Waals surface area (Å²) in [5, 5.41) is 18.0. The molecule has 5 fully saturated rings. The van der Waals surface area contributed by atoms with Gasteiger partial charge in [0.15, 0.2) is 5.52 Å². The van der Waals surface area contributed by atoms with E-state index in [0.29, 0.717) is 31.4 Å². The van der Waals surface area contributed by atoms with Gasteiger partial charge in [0.05, 0.1) is 72.2 Å².